The lowest BCUT2D eigenvalue weighted by Gasteiger charge is -2.35. The van der Waals surface area contributed by atoms with Crippen LogP contribution in [0.25, 0.3) is 0 Å². The normalized spacial score (nSPS) is 23.2. The molecule has 1 fully saturated rings. The lowest BCUT2D eigenvalue weighted by Crippen LogP contribution is -2.29. The minimum absolute atomic E-state index is 0.0778. The van der Waals surface area contributed by atoms with Gasteiger partial charge in [0.2, 0.25) is 0 Å². The number of ether oxygens (including phenoxy) is 1. The standard InChI is InChI=1S/C23H34O3/c1-7-18-20(22(25)26-21(18)24)16(4)13-23(5,6)14-19(15(2)3)17-11-9-8-10-12-17/h8-12,15-16,18-20H,7,13-14H2,1-6H3. The lowest BCUT2D eigenvalue weighted by molar-refractivity contribution is -0.154. The highest BCUT2D eigenvalue weighted by molar-refractivity contribution is 5.96. The van der Waals surface area contributed by atoms with E-state index in [1.54, 1.807) is 0 Å². The first-order valence-corrected chi connectivity index (χ1v) is 9.96. The molecule has 0 saturated carbocycles. The van der Waals surface area contributed by atoms with Crippen molar-refractivity contribution in [1.29, 1.82) is 0 Å². The number of rotatable bonds is 8. The van der Waals surface area contributed by atoms with E-state index in [1.165, 1.54) is 5.56 Å². The predicted molar refractivity (Wildman–Crippen MR) is 105 cm³/mol. The van der Waals surface area contributed by atoms with E-state index in [2.05, 4.69) is 65.0 Å². The van der Waals surface area contributed by atoms with Crippen molar-refractivity contribution in [1.82, 2.24) is 0 Å². The molecule has 4 unspecified atom stereocenters. The van der Waals surface area contributed by atoms with Gasteiger partial charge in [0.15, 0.2) is 0 Å². The van der Waals surface area contributed by atoms with E-state index in [0.29, 0.717) is 18.3 Å². The topological polar surface area (TPSA) is 43.4 Å². The van der Waals surface area contributed by atoms with Gasteiger partial charge in [0.1, 0.15) is 0 Å². The summed E-state index contributed by atoms with van der Waals surface area (Å²) in [5, 5.41) is 0. The van der Waals surface area contributed by atoms with E-state index < -0.39 is 0 Å². The quantitative estimate of drug-likeness (QED) is 0.449. The number of benzene rings is 1. The molecule has 0 N–H and O–H groups in total. The zero-order chi connectivity index (χ0) is 19.5. The molecule has 26 heavy (non-hydrogen) atoms. The van der Waals surface area contributed by atoms with Crippen LogP contribution in [0.1, 0.15) is 72.3 Å². The van der Waals surface area contributed by atoms with Crippen molar-refractivity contribution in [3.05, 3.63) is 35.9 Å². The largest absolute Gasteiger partial charge is 0.393 e. The smallest absolute Gasteiger partial charge is 0.317 e. The summed E-state index contributed by atoms with van der Waals surface area (Å²) in [7, 11) is 0. The molecule has 0 aliphatic carbocycles. The number of hydrogen-bond acceptors (Lipinski definition) is 3. The van der Waals surface area contributed by atoms with Crippen LogP contribution < -0.4 is 0 Å². The first kappa shape index (κ1) is 20.7. The van der Waals surface area contributed by atoms with Gasteiger partial charge in [0, 0.05) is 0 Å². The van der Waals surface area contributed by atoms with Crippen LogP contribution >= 0.6 is 0 Å². The van der Waals surface area contributed by atoms with E-state index in [1.807, 2.05) is 6.92 Å². The number of carbonyl (C=O) groups excluding carboxylic acids is 2. The Morgan fingerprint density at radius 1 is 1.00 bits per heavy atom. The van der Waals surface area contributed by atoms with Gasteiger partial charge in [-0.3, -0.25) is 9.59 Å². The Balaban J connectivity index is 2.11. The van der Waals surface area contributed by atoms with Crippen molar-refractivity contribution < 1.29 is 14.3 Å². The Kier molecular flexibility index (Phi) is 6.65. The molecule has 1 aliphatic heterocycles. The second kappa shape index (κ2) is 8.37. The fourth-order valence-electron chi connectivity index (χ4n) is 4.72. The zero-order valence-electron chi connectivity index (χ0n) is 17.1. The minimum Gasteiger partial charge on any atom is -0.393 e. The SMILES string of the molecule is CCC1C(=O)OC(=O)C1C(C)CC(C)(C)CC(c1ccccc1)C(C)C. The Hall–Kier alpha value is -1.64. The first-order valence-electron chi connectivity index (χ1n) is 9.96. The summed E-state index contributed by atoms with van der Waals surface area (Å²) in [4.78, 5) is 24.1. The Morgan fingerprint density at radius 2 is 1.62 bits per heavy atom. The van der Waals surface area contributed by atoms with Crippen molar-refractivity contribution in [2.24, 2.45) is 29.1 Å². The average Bonchev–Trinajstić information content (AvgIpc) is 2.86. The molecule has 2 rings (SSSR count). The molecule has 144 valence electrons. The molecule has 1 aromatic rings. The van der Waals surface area contributed by atoms with Gasteiger partial charge in [-0.05, 0) is 48.0 Å². The third-order valence-corrected chi connectivity index (χ3v) is 5.94. The van der Waals surface area contributed by atoms with E-state index >= 15 is 0 Å². The van der Waals surface area contributed by atoms with Crippen molar-refractivity contribution in [2.45, 2.75) is 66.7 Å². The van der Waals surface area contributed by atoms with Crippen LogP contribution in [0.3, 0.4) is 0 Å². The Bertz CT molecular complexity index is 618. The van der Waals surface area contributed by atoms with Gasteiger partial charge in [-0.25, -0.2) is 0 Å². The monoisotopic (exact) mass is 358 g/mol. The third-order valence-electron chi connectivity index (χ3n) is 5.94. The lowest BCUT2D eigenvalue weighted by atomic mass is 9.68. The summed E-state index contributed by atoms with van der Waals surface area (Å²) in [5.41, 5.74) is 1.46. The zero-order valence-corrected chi connectivity index (χ0v) is 17.1. The summed E-state index contributed by atoms with van der Waals surface area (Å²) >= 11 is 0. The molecule has 0 bridgehead atoms. The molecule has 0 amide bonds. The maximum absolute atomic E-state index is 12.2. The fraction of sp³-hybridized carbons (Fsp3) is 0.652. The molecule has 1 aromatic carbocycles. The predicted octanol–water partition coefficient (Wildman–Crippen LogP) is 5.59. The summed E-state index contributed by atoms with van der Waals surface area (Å²) in [6.07, 6.45) is 2.64. The average molecular weight is 359 g/mol. The molecule has 1 aliphatic rings. The van der Waals surface area contributed by atoms with Gasteiger partial charge in [-0.2, -0.15) is 0 Å². The third kappa shape index (κ3) is 4.75. The van der Waals surface area contributed by atoms with Gasteiger partial charge < -0.3 is 4.74 Å². The van der Waals surface area contributed by atoms with Crippen LogP contribution in [0.15, 0.2) is 30.3 Å². The Labute approximate surface area is 158 Å². The fourth-order valence-corrected chi connectivity index (χ4v) is 4.72. The molecule has 3 heteroatoms. The summed E-state index contributed by atoms with van der Waals surface area (Å²) < 4.78 is 4.92. The molecule has 1 heterocycles. The highest BCUT2D eigenvalue weighted by atomic mass is 16.6. The highest BCUT2D eigenvalue weighted by Gasteiger charge is 2.47. The van der Waals surface area contributed by atoms with Crippen LogP contribution in [-0.4, -0.2) is 11.9 Å². The van der Waals surface area contributed by atoms with Crippen LogP contribution in [0.2, 0.25) is 0 Å². The van der Waals surface area contributed by atoms with Gasteiger partial charge >= 0.3 is 11.9 Å². The van der Waals surface area contributed by atoms with E-state index in [-0.39, 0.29) is 35.1 Å². The number of esters is 2. The number of cyclic esters (lactones) is 2. The maximum atomic E-state index is 12.2. The summed E-state index contributed by atoms with van der Waals surface area (Å²) in [6.45, 7) is 13.2. The van der Waals surface area contributed by atoms with Crippen LogP contribution in [0.4, 0.5) is 0 Å². The van der Waals surface area contributed by atoms with Crippen molar-refractivity contribution in [2.75, 3.05) is 0 Å². The molecular formula is C23H34O3. The molecule has 1 saturated heterocycles. The molecule has 3 nitrogen and oxygen atoms in total. The first-order chi connectivity index (χ1) is 12.2. The van der Waals surface area contributed by atoms with Crippen LogP contribution in [0.5, 0.6) is 0 Å². The van der Waals surface area contributed by atoms with Crippen LogP contribution in [0, 0.1) is 29.1 Å². The van der Waals surface area contributed by atoms with E-state index in [9.17, 15) is 9.59 Å². The number of carbonyl (C=O) groups is 2. The highest BCUT2D eigenvalue weighted by Crippen LogP contribution is 2.43. The van der Waals surface area contributed by atoms with E-state index in [0.717, 1.165) is 12.8 Å². The maximum Gasteiger partial charge on any atom is 0.317 e. The van der Waals surface area contributed by atoms with Gasteiger partial charge in [0.25, 0.3) is 0 Å². The second-order valence-electron chi connectivity index (χ2n) is 9.09. The molecular weight excluding hydrogens is 324 g/mol. The molecule has 0 radical (unpaired) electrons. The van der Waals surface area contributed by atoms with Gasteiger partial charge in [0.05, 0.1) is 11.8 Å². The minimum atomic E-state index is -0.337. The second-order valence-corrected chi connectivity index (χ2v) is 9.09. The van der Waals surface area contributed by atoms with Crippen LogP contribution in [-0.2, 0) is 14.3 Å². The van der Waals surface area contributed by atoms with E-state index in [4.69, 9.17) is 4.74 Å². The Morgan fingerprint density at radius 3 is 2.15 bits per heavy atom. The molecule has 0 aromatic heterocycles. The van der Waals surface area contributed by atoms with Gasteiger partial charge in [-0.1, -0.05) is 71.9 Å². The number of hydrogen-bond donors (Lipinski definition) is 0. The summed E-state index contributed by atoms with van der Waals surface area (Å²) in [6, 6.07) is 10.7. The van der Waals surface area contributed by atoms with Crippen molar-refractivity contribution in [3.8, 4) is 0 Å². The molecule has 0 spiro atoms. The van der Waals surface area contributed by atoms with Gasteiger partial charge in [-0.15, -0.1) is 0 Å². The van der Waals surface area contributed by atoms with Crippen molar-refractivity contribution >= 4 is 11.9 Å². The van der Waals surface area contributed by atoms with Crippen molar-refractivity contribution in [3.63, 3.8) is 0 Å². The molecule has 4 atom stereocenters. The summed E-state index contributed by atoms with van der Waals surface area (Å²) in [5.74, 6) is -0.0575.